The molecule has 0 spiro atoms. The number of hydrogen-bond donors (Lipinski definition) is 3. The van der Waals surface area contributed by atoms with Gasteiger partial charge in [0.05, 0.1) is 0 Å². The van der Waals surface area contributed by atoms with Crippen LogP contribution in [0.25, 0.3) is 5.57 Å². The SMILES string of the molecule is CC1=[C-]C(C)c2ccccc21.CO.CO.CO.[Ti]. The first-order valence-corrected chi connectivity index (χ1v) is 5.32. The standard InChI is InChI=1S/C11H11.3CH4O.Ti/c1-8-7-9(2)11-6-4-3-5-10(8)11;3*1-2;/h3-6,8H,1-2H3;3*2H,1H3;/q-1;;;;. The third-order valence-electron chi connectivity index (χ3n) is 2.26. The van der Waals surface area contributed by atoms with E-state index in [1.807, 2.05) is 0 Å². The fourth-order valence-corrected chi connectivity index (χ4v) is 1.70. The van der Waals surface area contributed by atoms with Crippen molar-refractivity contribution in [2.45, 2.75) is 19.8 Å². The number of allylic oxidation sites excluding steroid dienone is 2. The zero-order chi connectivity index (χ0) is 13.8. The first-order chi connectivity index (χ1) is 8.29. The Hall–Kier alpha value is -0.446. The van der Waals surface area contributed by atoms with Crippen molar-refractivity contribution in [2.75, 3.05) is 21.3 Å². The van der Waals surface area contributed by atoms with Gasteiger partial charge in [-0.25, -0.2) is 5.57 Å². The van der Waals surface area contributed by atoms with Crippen LogP contribution in [-0.2, 0) is 21.7 Å². The molecule has 18 heavy (non-hydrogen) atoms. The fourth-order valence-electron chi connectivity index (χ4n) is 1.70. The van der Waals surface area contributed by atoms with Crippen LogP contribution in [0.5, 0.6) is 0 Å². The van der Waals surface area contributed by atoms with Crippen LogP contribution in [0.4, 0.5) is 0 Å². The van der Waals surface area contributed by atoms with Crippen LogP contribution in [0.2, 0.25) is 0 Å². The van der Waals surface area contributed by atoms with Gasteiger partial charge in [0.15, 0.2) is 0 Å². The van der Waals surface area contributed by atoms with Crippen LogP contribution in [0.3, 0.4) is 0 Å². The van der Waals surface area contributed by atoms with Gasteiger partial charge in [0.2, 0.25) is 0 Å². The molecule has 2 rings (SSSR count). The minimum absolute atomic E-state index is 0. The van der Waals surface area contributed by atoms with Gasteiger partial charge >= 0.3 is 0 Å². The van der Waals surface area contributed by atoms with E-state index in [1.54, 1.807) is 0 Å². The third-order valence-corrected chi connectivity index (χ3v) is 2.26. The molecule has 1 aliphatic carbocycles. The molecule has 4 heteroatoms. The Balaban J connectivity index is -0.000000285. The van der Waals surface area contributed by atoms with Gasteiger partial charge in [-0.3, -0.25) is 6.08 Å². The van der Waals surface area contributed by atoms with Crippen LogP contribution < -0.4 is 0 Å². The Kier molecular flexibility index (Phi) is 18.4. The molecule has 0 aliphatic heterocycles. The molecule has 3 nitrogen and oxygen atoms in total. The maximum Gasteiger partial charge on any atom is 0.0319 e. The van der Waals surface area contributed by atoms with Gasteiger partial charge in [0.1, 0.15) is 0 Å². The summed E-state index contributed by atoms with van der Waals surface area (Å²) in [4.78, 5) is 0. The van der Waals surface area contributed by atoms with Gasteiger partial charge in [-0.2, -0.15) is 5.56 Å². The van der Waals surface area contributed by atoms with E-state index in [0.717, 1.165) is 21.3 Å². The van der Waals surface area contributed by atoms with Crippen LogP contribution in [0.1, 0.15) is 30.9 Å². The molecule has 102 valence electrons. The quantitative estimate of drug-likeness (QED) is 0.504. The van der Waals surface area contributed by atoms with Crippen molar-refractivity contribution in [3.63, 3.8) is 0 Å². The summed E-state index contributed by atoms with van der Waals surface area (Å²) in [5.41, 5.74) is 4.10. The molecular formula is C14H23O3Ti-. The Bertz CT molecular complexity index is 325. The number of benzene rings is 1. The predicted molar refractivity (Wildman–Crippen MR) is 71.6 cm³/mol. The average molecular weight is 287 g/mol. The van der Waals surface area contributed by atoms with Gasteiger partial charge in [-0.05, 0) is 0 Å². The number of rotatable bonds is 0. The van der Waals surface area contributed by atoms with E-state index < -0.39 is 0 Å². The average Bonchev–Trinajstić information content (AvgIpc) is 2.73. The summed E-state index contributed by atoms with van der Waals surface area (Å²) in [6.07, 6.45) is 3.40. The van der Waals surface area contributed by atoms with E-state index in [1.165, 1.54) is 16.7 Å². The van der Waals surface area contributed by atoms with Crippen molar-refractivity contribution < 1.29 is 37.0 Å². The monoisotopic (exact) mass is 287 g/mol. The Labute approximate surface area is 125 Å². The maximum absolute atomic E-state index is 7.00. The summed E-state index contributed by atoms with van der Waals surface area (Å²) in [6, 6.07) is 8.53. The van der Waals surface area contributed by atoms with Crippen LogP contribution in [0, 0.1) is 6.08 Å². The summed E-state index contributed by atoms with van der Waals surface area (Å²) < 4.78 is 0. The third kappa shape index (κ3) is 6.48. The van der Waals surface area contributed by atoms with Crippen molar-refractivity contribution in [1.29, 1.82) is 0 Å². The summed E-state index contributed by atoms with van der Waals surface area (Å²) in [5, 5.41) is 21.0. The van der Waals surface area contributed by atoms with Crippen molar-refractivity contribution in [2.24, 2.45) is 0 Å². The van der Waals surface area contributed by atoms with Gasteiger partial charge in [-0.1, -0.05) is 38.0 Å². The Morgan fingerprint density at radius 3 is 1.83 bits per heavy atom. The minimum Gasteiger partial charge on any atom is -0.400 e. The topological polar surface area (TPSA) is 60.7 Å². The van der Waals surface area contributed by atoms with Crippen LogP contribution in [0.15, 0.2) is 24.3 Å². The van der Waals surface area contributed by atoms with Gasteiger partial charge < -0.3 is 15.3 Å². The van der Waals surface area contributed by atoms with Gasteiger partial charge in [-0.15, -0.1) is 11.6 Å². The van der Waals surface area contributed by atoms with E-state index in [0.29, 0.717) is 5.92 Å². The summed E-state index contributed by atoms with van der Waals surface area (Å²) >= 11 is 0. The molecule has 0 heterocycles. The minimum atomic E-state index is 0. The van der Waals surface area contributed by atoms with Crippen LogP contribution >= 0.6 is 0 Å². The normalized spacial score (nSPS) is 14.0. The number of aliphatic hydroxyl groups excluding tert-OH is 3. The largest absolute Gasteiger partial charge is 0.400 e. The molecular weight excluding hydrogens is 264 g/mol. The molecule has 0 saturated carbocycles. The maximum atomic E-state index is 7.00. The summed E-state index contributed by atoms with van der Waals surface area (Å²) in [6.45, 7) is 4.32. The smallest absolute Gasteiger partial charge is 0.0319 e. The zero-order valence-corrected chi connectivity index (χ0v) is 13.3. The van der Waals surface area contributed by atoms with E-state index in [9.17, 15) is 0 Å². The van der Waals surface area contributed by atoms with E-state index in [2.05, 4.69) is 44.2 Å². The second-order valence-electron chi connectivity index (χ2n) is 3.08. The molecule has 1 unspecified atom stereocenters. The summed E-state index contributed by atoms with van der Waals surface area (Å²) in [5.74, 6) is 0.492. The second kappa shape index (κ2) is 14.6. The first-order valence-electron chi connectivity index (χ1n) is 5.32. The molecule has 0 saturated heterocycles. The van der Waals surface area contributed by atoms with Crippen molar-refractivity contribution >= 4 is 5.57 Å². The molecule has 0 fully saturated rings. The zero-order valence-electron chi connectivity index (χ0n) is 11.7. The Morgan fingerprint density at radius 2 is 1.39 bits per heavy atom. The van der Waals surface area contributed by atoms with Crippen molar-refractivity contribution in [1.82, 2.24) is 0 Å². The van der Waals surface area contributed by atoms with Gasteiger partial charge in [0, 0.05) is 43.0 Å². The number of aliphatic hydroxyl groups is 3. The molecule has 0 bridgehead atoms. The number of hydrogen-bond acceptors (Lipinski definition) is 3. The predicted octanol–water partition coefficient (Wildman–Crippen LogP) is 1.83. The molecule has 0 radical (unpaired) electrons. The second-order valence-corrected chi connectivity index (χ2v) is 3.08. The molecule has 1 aromatic rings. The molecule has 1 aliphatic rings. The van der Waals surface area contributed by atoms with Crippen molar-refractivity contribution in [3.8, 4) is 0 Å². The molecule has 0 aromatic heterocycles. The number of fused-ring (bicyclic) bond motifs is 1. The Morgan fingerprint density at radius 1 is 0.944 bits per heavy atom. The van der Waals surface area contributed by atoms with E-state index in [-0.39, 0.29) is 21.7 Å². The molecule has 0 amide bonds. The molecule has 1 aromatic carbocycles. The van der Waals surface area contributed by atoms with Crippen molar-refractivity contribution in [3.05, 3.63) is 41.5 Å². The van der Waals surface area contributed by atoms with E-state index in [4.69, 9.17) is 15.3 Å². The molecule has 3 N–H and O–H groups in total. The first kappa shape index (κ1) is 22.7. The van der Waals surface area contributed by atoms with Crippen LogP contribution in [-0.4, -0.2) is 36.6 Å². The summed E-state index contributed by atoms with van der Waals surface area (Å²) in [7, 11) is 3.00. The molecule has 1 atom stereocenters. The van der Waals surface area contributed by atoms with Gasteiger partial charge in [0.25, 0.3) is 0 Å². The fraction of sp³-hybridized carbons (Fsp3) is 0.429. The van der Waals surface area contributed by atoms with E-state index >= 15 is 0 Å².